The molecule has 30 heavy (non-hydrogen) atoms. The molecule has 0 saturated carbocycles. The first kappa shape index (κ1) is 20.6. The maximum Gasteiger partial charge on any atom is 0.226 e. The molecule has 0 spiro atoms. The molecule has 0 amide bonds. The summed E-state index contributed by atoms with van der Waals surface area (Å²) in [5, 5.41) is 4.96. The van der Waals surface area contributed by atoms with E-state index in [4.69, 9.17) is 14.2 Å². The van der Waals surface area contributed by atoms with Crippen molar-refractivity contribution < 1.29 is 13.7 Å². The average molecular weight is 427 g/mol. The Labute approximate surface area is 178 Å². The van der Waals surface area contributed by atoms with Gasteiger partial charge in [-0.2, -0.15) is 4.98 Å². The van der Waals surface area contributed by atoms with Gasteiger partial charge in [0.05, 0.1) is 17.6 Å². The lowest BCUT2D eigenvalue weighted by atomic mass is 10.1. The molecule has 0 fully saturated rings. The summed E-state index contributed by atoms with van der Waals surface area (Å²) in [4.78, 5) is 9.15. The SMILES string of the molecule is COCCn1c(SCCCc2nc(-c3ccc(C)c(F)c3)no2)nc2ccccc21. The Kier molecular flexibility index (Phi) is 6.44. The first-order chi connectivity index (χ1) is 14.7. The second-order valence-electron chi connectivity index (χ2n) is 6.96. The van der Waals surface area contributed by atoms with Crippen LogP contribution in [0.2, 0.25) is 0 Å². The second-order valence-corrected chi connectivity index (χ2v) is 8.02. The summed E-state index contributed by atoms with van der Waals surface area (Å²) < 4.78 is 26.5. The van der Waals surface area contributed by atoms with Crippen LogP contribution >= 0.6 is 11.8 Å². The summed E-state index contributed by atoms with van der Waals surface area (Å²) in [5.74, 6) is 1.57. The Morgan fingerprint density at radius 1 is 1.17 bits per heavy atom. The van der Waals surface area contributed by atoms with Gasteiger partial charge in [0.1, 0.15) is 5.82 Å². The highest BCUT2D eigenvalue weighted by Gasteiger charge is 2.13. The van der Waals surface area contributed by atoms with Gasteiger partial charge in [0.25, 0.3) is 0 Å². The van der Waals surface area contributed by atoms with Gasteiger partial charge in [-0.1, -0.05) is 41.2 Å². The molecule has 2 aromatic heterocycles. The number of hydrogen-bond acceptors (Lipinski definition) is 6. The second kappa shape index (κ2) is 9.40. The molecule has 0 atom stereocenters. The highest BCUT2D eigenvalue weighted by molar-refractivity contribution is 7.99. The third kappa shape index (κ3) is 4.55. The topological polar surface area (TPSA) is 66.0 Å². The lowest BCUT2D eigenvalue weighted by Gasteiger charge is -2.07. The Hall–Kier alpha value is -2.71. The maximum absolute atomic E-state index is 13.8. The van der Waals surface area contributed by atoms with Crippen LogP contribution in [0, 0.1) is 12.7 Å². The standard InChI is InChI=1S/C22H23FN4O2S/c1-15-9-10-16(14-17(15)23)21-25-20(29-26-21)8-5-13-30-22-24-18-6-3-4-7-19(18)27(22)11-12-28-2/h3-4,6-7,9-10,14H,5,8,11-13H2,1-2H3. The molecule has 0 saturated heterocycles. The molecule has 0 radical (unpaired) electrons. The number of aryl methyl sites for hydroxylation is 2. The zero-order valence-corrected chi connectivity index (χ0v) is 17.8. The van der Waals surface area contributed by atoms with Crippen LogP contribution in [-0.4, -0.2) is 39.2 Å². The number of imidazole rings is 1. The van der Waals surface area contributed by atoms with Gasteiger partial charge in [0, 0.05) is 31.4 Å². The van der Waals surface area contributed by atoms with Crippen molar-refractivity contribution in [3.05, 3.63) is 59.7 Å². The molecule has 4 rings (SSSR count). The molecule has 2 aromatic carbocycles. The highest BCUT2D eigenvalue weighted by Crippen LogP contribution is 2.25. The van der Waals surface area contributed by atoms with Crippen molar-refractivity contribution in [3.63, 3.8) is 0 Å². The summed E-state index contributed by atoms with van der Waals surface area (Å²) in [5.41, 5.74) is 3.32. The first-order valence-corrected chi connectivity index (χ1v) is 10.8. The monoisotopic (exact) mass is 426 g/mol. The molecule has 0 aliphatic rings. The van der Waals surface area contributed by atoms with E-state index in [2.05, 4.69) is 20.8 Å². The molecule has 4 aromatic rings. The number of hydrogen-bond donors (Lipinski definition) is 0. The van der Waals surface area contributed by atoms with Crippen molar-refractivity contribution in [3.8, 4) is 11.4 Å². The van der Waals surface area contributed by atoms with E-state index in [1.165, 1.54) is 6.07 Å². The van der Waals surface area contributed by atoms with Crippen LogP contribution in [-0.2, 0) is 17.7 Å². The molecular formula is C22H23FN4O2S. The number of halogens is 1. The summed E-state index contributed by atoms with van der Waals surface area (Å²) in [6, 6.07) is 13.1. The minimum absolute atomic E-state index is 0.272. The predicted molar refractivity (Wildman–Crippen MR) is 115 cm³/mol. The Balaban J connectivity index is 1.36. The molecule has 0 aliphatic heterocycles. The number of nitrogens with zero attached hydrogens (tertiary/aromatic N) is 4. The lowest BCUT2D eigenvalue weighted by molar-refractivity contribution is 0.186. The van der Waals surface area contributed by atoms with Gasteiger partial charge in [-0.25, -0.2) is 9.37 Å². The van der Waals surface area contributed by atoms with Crippen molar-refractivity contribution >= 4 is 22.8 Å². The molecule has 2 heterocycles. The quantitative estimate of drug-likeness (QED) is 0.280. The van der Waals surface area contributed by atoms with E-state index >= 15 is 0 Å². The Bertz CT molecular complexity index is 1140. The van der Waals surface area contributed by atoms with Crippen molar-refractivity contribution in [2.45, 2.75) is 31.5 Å². The van der Waals surface area contributed by atoms with Gasteiger partial charge < -0.3 is 13.8 Å². The van der Waals surface area contributed by atoms with Crippen molar-refractivity contribution in [1.82, 2.24) is 19.7 Å². The van der Waals surface area contributed by atoms with Gasteiger partial charge in [0.15, 0.2) is 5.16 Å². The summed E-state index contributed by atoms with van der Waals surface area (Å²) >= 11 is 1.71. The molecule has 156 valence electrons. The normalized spacial score (nSPS) is 11.4. The average Bonchev–Trinajstić information content (AvgIpc) is 3.36. The third-order valence-electron chi connectivity index (χ3n) is 4.80. The van der Waals surface area contributed by atoms with Gasteiger partial charge >= 0.3 is 0 Å². The van der Waals surface area contributed by atoms with Gasteiger partial charge in [-0.15, -0.1) is 0 Å². The van der Waals surface area contributed by atoms with Crippen molar-refractivity contribution in [1.29, 1.82) is 0 Å². The molecule has 0 aliphatic carbocycles. The largest absolute Gasteiger partial charge is 0.383 e. The zero-order chi connectivity index (χ0) is 20.9. The number of thioether (sulfide) groups is 1. The minimum atomic E-state index is -0.272. The number of benzene rings is 2. The predicted octanol–water partition coefficient (Wildman–Crippen LogP) is 4.91. The number of ether oxygens (including phenoxy) is 1. The minimum Gasteiger partial charge on any atom is -0.383 e. The molecule has 6 nitrogen and oxygen atoms in total. The van der Waals surface area contributed by atoms with Gasteiger partial charge in [0.2, 0.25) is 11.7 Å². The zero-order valence-electron chi connectivity index (χ0n) is 17.0. The smallest absolute Gasteiger partial charge is 0.226 e. The molecule has 0 bridgehead atoms. The molecule has 0 N–H and O–H groups in total. The van der Waals surface area contributed by atoms with Gasteiger partial charge in [-0.3, -0.25) is 0 Å². The van der Waals surface area contributed by atoms with E-state index in [1.807, 2.05) is 18.2 Å². The summed E-state index contributed by atoms with van der Waals surface area (Å²) in [6.07, 6.45) is 1.52. The van der Waals surface area contributed by atoms with Crippen LogP contribution in [0.3, 0.4) is 0 Å². The van der Waals surface area contributed by atoms with Crippen LogP contribution in [0.1, 0.15) is 17.9 Å². The van der Waals surface area contributed by atoms with Crippen LogP contribution < -0.4 is 0 Å². The van der Waals surface area contributed by atoms with E-state index in [1.54, 1.807) is 37.9 Å². The van der Waals surface area contributed by atoms with E-state index in [0.717, 1.165) is 34.9 Å². The summed E-state index contributed by atoms with van der Waals surface area (Å²) in [7, 11) is 1.70. The Morgan fingerprint density at radius 3 is 2.87 bits per heavy atom. The third-order valence-corrected chi connectivity index (χ3v) is 5.87. The number of rotatable bonds is 9. The van der Waals surface area contributed by atoms with E-state index in [-0.39, 0.29) is 5.82 Å². The number of fused-ring (bicyclic) bond motifs is 1. The van der Waals surface area contributed by atoms with Crippen LogP contribution in [0.15, 0.2) is 52.1 Å². The number of methoxy groups -OCH3 is 1. The number of aromatic nitrogens is 4. The highest BCUT2D eigenvalue weighted by atomic mass is 32.2. The number of para-hydroxylation sites is 2. The van der Waals surface area contributed by atoms with Crippen LogP contribution in [0.4, 0.5) is 4.39 Å². The van der Waals surface area contributed by atoms with Crippen LogP contribution in [0.25, 0.3) is 22.4 Å². The maximum atomic E-state index is 13.8. The fraction of sp³-hybridized carbons (Fsp3) is 0.318. The first-order valence-electron chi connectivity index (χ1n) is 9.82. The summed E-state index contributed by atoms with van der Waals surface area (Å²) in [6.45, 7) is 3.12. The molecular weight excluding hydrogens is 403 g/mol. The van der Waals surface area contributed by atoms with Crippen LogP contribution in [0.5, 0.6) is 0 Å². The van der Waals surface area contributed by atoms with Crippen molar-refractivity contribution in [2.75, 3.05) is 19.5 Å². The van der Waals surface area contributed by atoms with E-state index in [9.17, 15) is 4.39 Å². The fourth-order valence-corrected chi connectivity index (χ4v) is 4.13. The van der Waals surface area contributed by atoms with Gasteiger partial charge in [-0.05, 0) is 37.1 Å². The lowest BCUT2D eigenvalue weighted by Crippen LogP contribution is -2.05. The van der Waals surface area contributed by atoms with Crippen molar-refractivity contribution in [2.24, 2.45) is 0 Å². The van der Waals surface area contributed by atoms with E-state index in [0.29, 0.717) is 35.9 Å². The fourth-order valence-electron chi connectivity index (χ4n) is 3.15. The van der Waals surface area contributed by atoms with E-state index < -0.39 is 0 Å². The molecule has 0 unspecified atom stereocenters. The molecule has 8 heteroatoms. The Morgan fingerprint density at radius 2 is 2.03 bits per heavy atom.